The number of hydrogen-bond donors (Lipinski definition) is 1. The fourth-order valence-corrected chi connectivity index (χ4v) is 2.17. The maximum absolute atomic E-state index is 5.13. The molecule has 1 saturated heterocycles. The zero-order valence-electron chi connectivity index (χ0n) is 10.5. The fourth-order valence-electron chi connectivity index (χ4n) is 2.17. The van der Waals surface area contributed by atoms with Gasteiger partial charge in [-0.1, -0.05) is 0 Å². The summed E-state index contributed by atoms with van der Waals surface area (Å²) in [5, 5.41) is 3.41. The summed E-state index contributed by atoms with van der Waals surface area (Å²) < 4.78 is 5.13. The molecule has 5 heteroatoms. The first kappa shape index (κ1) is 12.1. The van der Waals surface area contributed by atoms with Gasteiger partial charge in [-0.15, -0.1) is 0 Å². The average molecular weight is 236 g/mol. The van der Waals surface area contributed by atoms with Crippen molar-refractivity contribution >= 4 is 5.95 Å². The van der Waals surface area contributed by atoms with Crippen molar-refractivity contribution in [1.82, 2.24) is 15.3 Å². The monoisotopic (exact) mass is 236 g/mol. The van der Waals surface area contributed by atoms with Crippen molar-refractivity contribution in [3.63, 3.8) is 0 Å². The van der Waals surface area contributed by atoms with Crippen LogP contribution in [-0.4, -0.2) is 43.3 Å². The SMILES string of the molecule is COc1ccnc(N(C)C2CCCNCC2)n1. The molecule has 1 fully saturated rings. The molecule has 1 aliphatic heterocycles. The molecule has 1 aliphatic rings. The van der Waals surface area contributed by atoms with Crippen molar-refractivity contribution in [2.45, 2.75) is 25.3 Å². The minimum Gasteiger partial charge on any atom is -0.481 e. The third kappa shape index (κ3) is 3.06. The molecule has 0 aliphatic carbocycles. The van der Waals surface area contributed by atoms with Gasteiger partial charge in [0.05, 0.1) is 7.11 Å². The standard InChI is InChI=1S/C12H20N4O/c1-16(10-4-3-7-13-8-5-10)12-14-9-6-11(15-12)17-2/h6,9-10,13H,3-5,7-8H2,1-2H3. The van der Waals surface area contributed by atoms with E-state index >= 15 is 0 Å². The first-order valence-electron chi connectivity index (χ1n) is 6.12. The Morgan fingerprint density at radius 1 is 1.41 bits per heavy atom. The molecule has 17 heavy (non-hydrogen) atoms. The lowest BCUT2D eigenvalue weighted by Crippen LogP contribution is -2.33. The molecule has 0 amide bonds. The van der Waals surface area contributed by atoms with E-state index in [-0.39, 0.29) is 0 Å². The van der Waals surface area contributed by atoms with E-state index in [9.17, 15) is 0 Å². The molecule has 1 N–H and O–H groups in total. The van der Waals surface area contributed by atoms with Crippen LogP contribution in [-0.2, 0) is 0 Å². The summed E-state index contributed by atoms with van der Waals surface area (Å²) in [6.45, 7) is 2.18. The minimum absolute atomic E-state index is 0.511. The molecule has 1 unspecified atom stereocenters. The lowest BCUT2D eigenvalue weighted by Gasteiger charge is -2.26. The zero-order valence-corrected chi connectivity index (χ0v) is 10.5. The molecule has 0 saturated carbocycles. The Kier molecular flexibility index (Phi) is 4.14. The smallest absolute Gasteiger partial charge is 0.228 e. The number of methoxy groups -OCH3 is 1. The van der Waals surface area contributed by atoms with E-state index in [2.05, 4.69) is 27.2 Å². The van der Waals surface area contributed by atoms with Crippen molar-refractivity contribution in [2.24, 2.45) is 0 Å². The molecule has 1 atom stereocenters. The van der Waals surface area contributed by atoms with Crippen LogP contribution in [0.4, 0.5) is 5.95 Å². The maximum atomic E-state index is 5.13. The van der Waals surface area contributed by atoms with Crippen LogP contribution in [0.15, 0.2) is 12.3 Å². The molecule has 94 valence electrons. The summed E-state index contributed by atoms with van der Waals surface area (Å²) >= 11 is 0. The topological polar surface area (TPSA) is 50.3 Å². The van der Waals surface area contributed by atoms with Gasteiger partial charge in [-0.05, 0) is 32.4 Å². The number of ether oxygens (including phenoxy) is 1. The van der Waals surface area contributed by atoms with Gasteiger partial charge in [0.25, 0.3) is 0 Å². The summed E-state index contributed by atoms with van der Waals surface area (Å²) in [6, 6.07) is 2.28. The molecule has 0 spiro atoms. The average Bonchev–Trinajstić information content (AvgIpc) is 2.67. The van der Waals surface area contributed by atoms with Gasteiger partial charge in [0, 0.05) is 25.4 Å². The van der Waals surface area contributed by atoms with Crippen LogP contribution in [0.3, 0.4) is 0 Å². The lowest BCUT2D eigenvalue weighted by atomic mass is 10.1. The third-order valence-corrected chi connectivity index (χ3v) is 3.23. The van der Waals surface area contributed by atoms with Gasteiger partial charge in [0.15, 0.2) is 0 Å². The molecule has 1 aromatic heterocycles. The van der Waals surface area contributed by atoms with Gasteiger partial charge in [-0.2, -0.15) is 4.98 Å². The van der Waals surface area contributed by atoms with E-state index in [1.54, 1.807) is 19.4 Å². The van der Waals surface area contributed by atoms with Crippen molar-refractivity contribution < 1.29 is 4.74 Å². The predicted octanol–water partition coefficient (Wildman–Crippen LogP) is 1.06. The Morgan fingerprint density at radius 3 is 3.12 bits per heavy atom. The van der Waals surface area contributed by atoms with Gasteiger partial charge in [-0.3, -0.25) is 0 Å². The van der Waals surface area contributed by atoms with Crippen LogP contribution < -0.4 is 15.0 Å². The van der Waals surface area contributed by atoms with Crippen molar-refractivity contribution in [3.05, 3.63) is 12.3 Å². The molecular weight excluding hydrogens is 216 g/mol. The quantitative estimate of drug-likeness (QED) is 0.850. The van der Waals surface area contributed by atoms with Crippen molar-refractivity contribution in [1.29, 1.82) is 0 Å². The Hall–Kier alpha value is -1.36. The molecule has 1 aromatic rings. The van der Waals surface area contributed by atoms with Gasteiger partial charge in [0.1, 0.15) is 0 Å². The van der Waals surface area contributed by atoms with Crippen LogP contribution in [0, 0.1) is 0 Å². The number of nitrogens with zero attached hydrogens (tertiary/aromatic N) is 3. The van der Waals surface area contributed by atoms with Crippen LogP contribution in [0.1, 0.15) is 19.3 Å². The van der Waals surface area contributed by atoms with Crippen LogP contribution >= 0.6 is 0 Å². The highest BCUT2D eigenvalue weighted by Gasteiger charge is 2.19. The fraction of sp³-hybridized carbons (Fsp3) is 0.667. The van der Waals surface area contributed by atoms with E-state index in [1.807, 2.05) is 0 Å². The Morgan fingerprint density at radius 2 is 2.29 bits per heavy atom. The highest BCUT2D eigenvalue weighted by molar-refractivity contribution is 5.32. The van der Waals surface area contributed by atoms with Crippen LogP contribution in [0.2, 0.25) is 0 Å². The molecule has 0 bridgehead atoms. The van der Waals surface area contributed by atoms with Crippen molar-refractivity contribution in [3.8, 4) is 5.88 Å². The molecular formula is C12H20N4O. The normalized spacial score (nSPS) is 20.7. The van der Waals surface area contributed by atoms with E-state index in [4.69, 9.17) is 4.74 Å². The van der Waals surface area contributed by atoms with Crippen LogP contribution in [0.25, 0.3) is 0 Å². The summed E-state index contributed by atoms with van der Waals surface area (Å²) in [7, 11) is 3.69. The maximum Gasteiger partial charge on any atom is 0.228 e. The highest BCUT2D eigenvalue weighted by atomic mass is 16.5. The Labute approximate surface area is 102 Å². The predicted molar refractivity (Wildman–Crippen MR) is 67.5 cm³/mol. The number of anilines is 1. The summed E-state index contributed by atoms with van der Waals surface area (Å²) in [6.07, 6.45) is 5.27. The second kappa shape index (κ2) is 5.82. The number of rotatable bonds is 3. The second-order valence-corrected chi connectivity index (χ2v) is 4.34. The summed E-state index contributed by atoms with van der Waals surface area (Å²) in [5.74, 6) is 1.37. The Balaban J connectivity index is 2.08. The third-order valence-electron chi connectivity index (χ3n) is 3.23. The number of aromatic nitrogens is 2. The Bertz CT molecular complexity index is 350. The second-order valence-electron chi connectivity index (χ2n) is 4.34. The number of hydrogen-bond acceptors (Lipinski definition) is 5. The first-order chi connectivity index (χ1) is 8.31. The molecule has 2 heterocycles. The molecule has 0 aromatic carbocycles. The summed E-state index contributed by atoms with van der Waals surface area (Å²) in [4.78, 5) is 10.8. The van der Waals surface area contributed by atoms with E-state index < -0.39 is 0 Å². The van der Waals surface area contributed by atoms with Crippen LogP contribution in [0.5, 0.6) is 5.88 Å². The lowest BCUT2D eigenvalue weighted by molar-refractivity contribution is 0.396. The van der Waals surface area contributed by atoms with E-state index in [1.165, 1.54) is 12.8 Å². The van der Waals surface area contributed by atoms with Gasteiger partial charge in [0.2, 0.25) is 11.8 Å². The van der Waals surface area contributed by atoms with Gasteiger partial charge >= 0.3 is 0 Å². The molecule has 2 rings (SSSR count). The summed E-state index contributed by atoms with van der Waals surface area (Å²) in [5.41, 5.74) is 0. The highest BCUT2D eigenvalue weighted by Crippen LogP contribution is 2.18. The van der Waals surface area contributed by atoms with Gasteiger partial charge < -0.3 is 15.0 Å². The zero-order chi connectivity index (χ0) is 12.1. The van der Waals surface area contributed by atoms with Gasteiger partial charge in [-0.25, -0.2) is 4.98 Å². The minimum atomic E-state index is 0.511. The first-order valence-corrected chi connectivity index (χ1v) is 6.12. The van der Waals surface area contributed by atoms with E-state index in [0.717, 1.165) is 25.5 Å². The molecule has 0 radical (unpaired) electrons. The largest absolute Gasteiger partial charge is 0.481 e. The van der Waals surface area contributed by atoms with Crippen molar-refractivity contribution in [2.75, 3.05) is 32.1 Å². The molecule has 5 nitrogen and oxygen atoms in total. The number of nitrogens with one attached hydrogen (secondary N) is 1. The van der Waals surface area contributed by atoms with E-state index in [0.29, 0.717) is 11.9 Å².